The number of hydrogen-bond acceptors (Lipinski definition) is 2. The van der Waals surface area contributed by atoms with Gasteiger partial charge in [-0.3, -0.25) is 4.79 Å². The fourth-order valence-electron chi connectivity index (χ4n) is 2.22. The summed E-state index contributed by atoms with van der Waals surface area (Å²) in [6.45, 7) is 4.10. The molecule has 0 aliphatic heterocycles. The van der Waals surface area contributed by atoms with E-state index in [1.54, 1.807) is 24.3 Å². The van der Waals surface area contributed by atoms with Crippen molar-refractivity contribution in [3.63, 3.8) is 0 Å². The van der Waals surface area contributed by atoms with Crippen LogP contribution in [0.5, 0.6) is 5.75 Å². The van der Waals surface area contributed by atoms with E-state index in [4.69, 9.17) is 0 Å². The first kappa shape index (κ1) is 15.1. The van der Waals surface area contributed by atoms with Gasteiger partial charge in [0.1, 0.15) is 5.75 Å². The maximum atomic E-state index is 12.0. The number of aromatic hydroxyl groups is 1. The summed E-state index contributed by atoms with van der Waals surface area (Å²) in [6.07, 6.45) is 1.33. The van der Waals surface area contributed by atoms with E-state index in [2.05, 4.69) is 36.5 Å². The number of phenolic OH excluding ortho intramolecular Hbond substituents is 1. The molecule has 21 heavy (non-hydrogen) atoms. The summed E-state index contributed by atoms with van der Waals surface area (Å²) in [5, 5.41) is 12.2. The predicted molar refractivity (Wildman–Crippen MR) is 84.2 cm³/mol. The molecule has 0 bridgehead atoms. The lowest BCUT2D eigenvalue weighted by atomic mass is 10.0. The van der Waals surface area contributed by atoms with Crippen LogP contribution in [-0.4, -0.2) is 11.0 Å². The van der Waals surface area contributed by atoms with Gasteiger partial charge in [0.15, 0.2) is 0 Å². The highest BCUT2D eigenvalue weighted by molar-refractivity contribution is 5.79. The highest BCUT2D eigenvalue weighted by Crippen LogP contribution is 2.15. The lowest BCUT2D eigenvalue weighted by molar-refractivity contribution is -0.121. The average Bonchev–Trinajstić information content (AvgIpc) is 2.49. The first-order valence-corrected chi connectivity index (χ1v) is 7.24. The molecule has 0 aliphatic rings. The third kappa shape index (κ3) is 4.35. The van der Waals surface area contributed by atoms with E-state index < -0.39 is 0 Å². The second-order valence-electron chi connectivity index (χ2n) is 5.23. The highest BCUT2D eigenvalue weighted by Gasteiger charge is 2.10. The number of nitrogens with one attached hydrogen (secondary N) is 1. The maximum Gasteiger partial charge on any atom is 0.224 e. The molecule has 0 heterocycles. The van der Waals surface area contributed by atoms with Crippen molar-refractivity contribution in [1.29, 1.82) is 0 Å². The minimum atomic E-state index is -0.0206. The Hall–Kier alpha value is -2.29. The summed E-state index contributed by atoms with van der Waals surface area (Å²) in [5.74, 6) is 0.191. The molecule has 0 saturated carbocycles. The highest BCUT2D eigenvalue weighted by atomic mass is 16.3. The van der Waals surface area contributed by atoms with E-state index in [1.807, 2.05) is 6.92 Å². The van der Waals surface area contributed by atoms with Crippen molar-refractivity contribution in [1.82, 2.24) is 5.32 Å². The lowest BCUT2D eigenvalue weighted by Gasteiger charge is -2.15. The SMILES string of the molecule is CCc1ccc(C(C)NC(=O)Cc2ccc(O)cc2)cc1. The Kier molecular flexibility index (Phi) is 4.99. The molecule has 0 spiro atoms. The summed E-state index contributed by atoms with van der Waals surface area (Å²) in [7, 11) is 0. The average molecular weight is 283 g/mol. The monoisotopic (exact) mass is 283 g/mol. The van der Waals surface area contributed by atoms with Crippen LogP contribution in [0, 0.1) is 0 Å². The van der Waals surface area contributed by atoms with Crippen LogP contribution in [-0.2, 0) is 17.6 Å². The summed E-state index contributed by atoms with van der Waals surface area (Å²) >= 11 is 0. The molecule has 2 N–H and O–H groups in total. The van der Waals surface area contributed by atoms with Gasteiger partial charge < -0.3 is 10.4 Å². The number of carbonyl (C=O) groups excluding carboxylic acids is 1. The molecule has 0 fully saturated rings. The number of amides is 1. The molecule has 3 heteroatoms. The smallest absolute Gasteiger partial charge is 0.224 e. The second-order valence-corrected chi connectivity index (χ2v) is 5.23. The molecule has 0 radical (unpaired) electrons. The topological polar surface area (TPSA) is 49.3 Å². The molecular weight excluding hydrogens is 262 g/mol. The summed E-state index contributed by atoms with van der Waals surface area (Å²) in [6, 6.07) is 15.0. The van der Waals surface area contributed by atoms with Crippen LogP contribution < -0.4 is 5.32 Å². The molecule has 2 rings (SSSR count). The fourth-order valence-corrected chi connectivity index (χ4v) is 2.22. The van der Waals surface area contributed by atoms with Crippen molar-refractivity contribution in [3.05, 3.63) is 65.2 Å². The van der Waals surface area contributed by atoms with Crippen molar-refractivity contribution >= 4 is 5.91 Å². The van der Waals surface area contributed by atoms with Crippen LogP contribution in [0.3, 0.4) is 0 Å². The van der Waals surface area contributed by atoms with Crippen molar-refractivity contribution in [2.45, 2.75) is 32.7 Å². The van der Waals surface area contributed by atoms with Crippen LogP contribution in [0.4, 0.5) is 0 Å². The molecule has 110 valence electrons. The molecule has 3 nitrogen and oxygen atoms in total. The van der Waals surface area contributed by atoms with E-state index in [0.29, 0.717) is 6.42 Å². The minimum absolute atomic E-state index is 0.0134. The van der Waals surface area contributed by atoms with Crippen LogP contribution in [0.2, 0.25) is 0 Å². The molecule has 2 aromatic carbocycles. The van der Waals surface area contributed by atoms with Gasteiger partial charge in [-0.1, -0.05) is 43.3 Å². The molecule has 2 aromatic rings. The van der Waals surface area contributed by atoms with E-state index in [9.17, 15) is 9.90 Å². The van der Waals surface area contributed by atoms with Gasteiger partial charge in [0.2, 0.25) is 5.91 Å². The van der Waals surface area contributed by atoms with Gasteiger partial charge in [-0.15, -0.1) is 0 Å². The van der Waals surface area contributed by atoms with Gasteiger partial charge in [-0.25, -0.2) is 0 Å². The maximum absolute atomic E-state index is 12.0. The second kappa shape index (κ2) is 6.93. The number of benzene rings is 2. The quantitative estimate of drug-likeness (QED) is 0.884. The molecule has 1 amide bonds. The number of carbonyl (C=O) groups is 1. The van der Waals surface area contributed by atoms with Gasteiger partial charge in [-0.05, 0) is 42.2 Å². The molecule has 1 unspecified atom stereocenters. The number of phenols is 1. The Bertz CT molecular complexity index is 588. The zero-order valence-corrected chi connectivity index (χ0v) is 12.5. The van der Waals surface area contributed by atoms with Crippen molar-refractivity contribution in [3.8, 4) is 5.75 Å². The van der Waals surface area contributed by atoms with Gasteiger partial charge in [0.05, 0.1) is 12.5 Å². The van der Waals surface area contributed by atoms with Crippen LogP contribution in [0.25, 0.3) is 0 Å². The Morgan fingerprint density at radius 1 is 1.05 bits per heavy atom. The minimum Gasteiger partial charge on any atom is -0.508 e. The van der Waals surface area contributed by atoms with E-state index >= 15 is 0 Å². The lowest BCUT2D eigenvalue weighted by Crippen LogP contribution is -2.28. The Labute approximate surface area is 125 Å². The summed E-state index contributed by atoms with van der Waals surface area (Å²) < 4.78 is 0. The third-order valence-corrected chi connectivity index (χ3v) is 3.57. The van der Waals surface area contributed by atoms with Crippen molar-refractivity contribution in [2.75, 3.05) is 0 Å². The Balaban J connectivity index is 1.93. The zero-order chi connectivity index (χ0) is 15.2. The van der Waals surface area contributed by atoms with E-state index in [0.717, 1.165) is 17.5 Å². The van der Waals surface area contributed by atoms with Crippen molar-refractivity contribution < 1.29 is 9.90 Å². The number of aryl methyl sites for hydroxylation is 1. The largest absolute Gasteiger partial charge is 0.508 e. The molecule has 1 atom stereocenters. The Morgan fingerprint density at radius 3 is 2.19 bits per heavy atom. The van der Waals surface area contributed by atoms with Crippen molar-refractivity contribution in [2.24, 2.45) is 0 Å². The first-order chi connectivity index (χ1) is 10.1. The van der Waals surface area contributed by atoms with Gasteiger partial charge in [-0.2, -0.15) is 0 Å². The van der Waals surface area contributed by atoms with Gasteiger partial charge in [0, 0.05) is 0 Å². The molecule has 0 aliphatic carbocycles. The number of hydrogen-bond donors (Lipinski definition) is 2. The standard InChI is InChI=1S/C18H21NO2/c1-3-14-4-8-16(9-5-14)13(2)19-18(21)12-15-6-10-17(20)11-7-15/h4-11,13,20H,3,12H2,1-2H3,(H,19,21). The van der Waals surface area contributed by atoms with E-state index in [-0.39, 0.29) is 17.7 Å². The van der Waals surface area contributed by atoms with Gasteiger partial charge in [0.25, 0.3) is 0 Å². The zero-order valence-electron chi connectivity index (χ0n) is 12.5. The molecular formula is C18H21NO2. The van der Waals surface area contributed by atoms with E-state index in [1.165, 1.54) is 5.56 Å². The van der Waals surface area contributed by atoms with Crippen LogP contribution in [0.15, 0.2) is 48.5 Å². The first-order valence-electron chi connectivity index (χ1n) is 7.24. The number of rotatable bonds is 5. The third-order valence-electron chi connectivity index (χ3n) is 3.57. The fraction of sp³-hybridized carbons (Fsp3) is 0.278. The Morgan fingerprint density at radius 2 is 1.62 bits per heavy atom. The van der Waals surface area contributed by atoms with Crippen LogP contribution >= 0.6 is 0 Å². The van der Waals surface area contributed by atoms with Gasteiger partial charge >= 0.3 is 0 Å². The van der Waals surface area contributed by atoms with Crippen LogP contribution in [0.1, 0.15) is 36.6 Å². The molecule has 0 aromatic heterocycles. The summed E-state index contributed by atoms with van der Waals surface area (Å²) in [4.78, 5) is 12.0. The molecule has 0 saturated heterocycles. The predicted octanol–water partition coefficient (Wildman–Crippen LogP) is 3.37. The normalized spacial score (nSPS) is 11.9. The summed E-state index contributed by atoms with van der Waals surface area (Å²) in [5.41, 5.74) is 3.28.